The standard InChI is InChI=1S/C11H13BrN2O2/c12-8-2-5-14(6-3-8)11(16)9-7-13-4-1-10(9)15/h1,4,7-8H,2-3,5-6H2,(H,13,15). The highest BCUT2D eigenvalue weighted by Gasteiger charge is 2.23. The normalized spacial score (nSPS) is 17.4. The van der Waals surface area contributed by atoms with Gasteiger partial charge in [0.05, 0.1) is 0 Å². The Balaban J connectivity index is 2.14. The summed E-state index contributed by atoms with van der Waals surface area (Å²) >= 11 is 3.53. The highest BCUT2D eigenvalue weighted by molar-refractivity contribution is 9.09. The van der Waals surface area contributed by atoms with E-state index in [1.54, 1.807) is 4.90 Å². The number of carbonyl (C=O) groups excluding carboxylic acids is 1. The average molecular weight is 285 g/mol. The van der Waals surface area contributed by atoms with Gasteiger partial charge in [-0.3, -0.25) is 9.59 Å². The minimum Gasteiger partial charge on any atom is -0.367 e. The van der Waals surface area contributed by atoms with Gasteiger partial charge in [0.1, 0.15) is 5.56 Å². The summed E-state index contributed by atoms with van der Waals surface area (Å²) in [5.74, 6) is -0.166. The maximum Gasteiger partial charge on any atom is 0.259 e. The molecule has 0 unspecified atom stereocenters. The number of nitrogens with one attached hydrogen (secondary N) is 1. The number of hydrogen-bond donors (Lipinski definition) is 1. The molecular weight excluding hydrogens is 272 g/mol. The quantitative estimate of drug-likeness (QED) is 0.792. The van der Waals surface area contributed by atoms with Crippen LogP contribution in [0.4, 0.5) is 0 Å². The number of aromatic nitrogens is 1. The molecule has 0 aromatic carbocycles. The van der Waals surface area contributed by atoms with Gasteiger partial charge in [0.25, 0.3) is 5.91 Å². The van der Waals surface area contributed by atoms with Crippen molar-refractivity contribution in [1.82, 2.24) is 9.88 Å². The Morgan fingerprint density at radius 1 is 1.44 bits per heavy atom. The Kier molecular flexibility index (Phi) is 3.43. The Hall–Kier alpha value is -1.10. The number of aromatic amines is 1. The van der Waals surface area contributed by atoms with E-state index in [0.29, 0.717) is 17.9 Å². The van der Waals surface area contributed by atoms with E-state index >= 15 is 0 Å². The van der Waals surface area contributed by atoms with E-state index in [1.165, 1.54) is 18.5 Å². The van der Waals surface area contributed by atoms with Gasteiger partial charge in [-0.1, -0.05) is 15.9 Å². The number of likely N-dealkylation sites (tertiary alicyclic amines) is 1. The predicted molar refractivity (Wildman–Crippen MR) is 64.9 cm³/mol. The topological polar surface area (TPSA) is 53.2 Å². The van der Waals surface area contributed by atoms with E-state index in [-0.39, 0.29) is 16.9 Å². The lowest BCUT2D eigenvalue weighted by Crippen LogP contribution is -2.40. The minimum atomic E-state index is -0.218. The second-order valence-corrected chi connectivity index (χ2v) is 5.18. The predicted octanol–water partition coefficient (Wildman–Crippen LogP) is 1.37. The molecule has 86 valence electrons. The van der Waals surface area contributed by atoms with Crippen LogP contribution >= 0.6 is 15.9 Å². The maximum absolute atomic E-state index is 12.0. The zero-order valence-electron chi connectivity index (χ0n) is 8.78. The summed E-state index contributed by atoms with van der Waals surface area (Å²) in [6.45, 7) is 1.42. The Labute approximate surface area is 102 Å². The van der Waals surface area contributed by atoms with Gasteiger partial charge in [0.2, 0.25) is 0 Å². The first-order chi connectivity index (χ1) is 7.68. The second-order valence-electron chi connectivity index (χ2n) is 3.89. The third kappa shape index (κ3) is 2.35. The van der Waals surface area contributed by atoms with Gasteiger partial charge in [0, 0.05) is 36.4 Å². The number of pyridine rings is 1. The van der Waals surface area contributed by atoms with E-state index < -0.39 is 0 Å². The number of alkyl halides is 1. The van der Waals surface area contributed by atoms with Gasteiger partial charge in [-0.25, -0.2) is 0 Å². The average Bonchev–Trinajstić information content (AvgIpc) is 2.30. The largest absolute Gasteiger partial charge is 0.367 e. The lowest BCUT2D eigenvalue weighted by atomic mass is 10.1. The number of amides is 1. The van der Waals surface area contributed by atoms with Crippen LogP contribution in [0.25, 0.3) is 0 Å². The van der Waals surface area contributed by atoms with Crippen LogP contribution in [-0.4, -0.2) is 33.7 Å². The van der Waals surface area contributed by atoms with E-state index in [1.807, 2.05) is 0 Å². The van der Waals surface area contributed by atoms with Gasteiger partial charge >= 0.3 is 0 Å². The molecule has 0 saturated carbocycles. The lowest BCUT2D eigenvalue weighted by molar-refractivity contribution is 0.0726. The second kappa shape index (κ2) is 4.82. The molecule has 1 amide bonds. The third-order valence-corrected chi connectivity index (χ3v) is 3.68. The van der Waals surface area contributed by atoms with Crippen molar-refractivity contribution in [3.63, 3.8) is 0 Å². The first kappa shape index (κ1) is 11.4. The molecule has 1 saturated heterocycles. The van der Waals surface area contributed by atoms with Gasteiger partial charge in [-0.15, -0.1) is 0 Å². The van der Waals surface area contributed by atoms with Crippen LogP contribution < -0.4 is 5.43 Å². The summed E-state index contributed by atoms with van der Waals surface area (Å²) in [4.78, 5) is 28.5. The van der Waals surface area contributed by atoms with Crippen molar-refractivity contribution in [2.24, 2.45) is 0 Å². The van der Waals surface area contributed by atoms with E-state index in [0.717, 1.165) is 12.8 Å². The summed E-state index contributed by atoms with van der Waals surface area (Å²) in [6.07, 6.45) is 4.89. The molecule has 0 spiro atoms. The molecule has 1 aromatic heterocycles. The van der Waals surface area contributed by atoms with E-state index in [2.05, 4.69) is 20.9 Å². The SMILES string of the molecule is O=C(c1c[nH]ccc1=O)N1CCC(Br)CC1. The number of hydrogen-bond acceptors (Lipinski definition) is 2. The van der Waals surface area contributed by atoms with Crippen molar-refractivity contribution in [3.05, 3.63) is 34.2 Å². The molecule has 1 aliphatic heterocycles. The van der Waals surface area contributed by atoms with Crippen molar-refractivity contribution in [3.8, 4) is 0 Å². The Morgan fingerprint density at radius 2 is 2.12 bits per heavy atom. The number of carbonyl (C=O) groups is 1. The van der Waals surface area contributed by atoms with Crippen molar-refractivity contribution >= 4 is 21.8 Å². The molecule has 2 rings (SSSR count). The molecule has 1 fully saturated rings. The molecule has 5 heteroatoms. The van der Waals surface area contributed by atoms with Crippen LogP contribution in [0.5, 0.6) is 0 Å². The fraction of sp³-hybridized carbons (Fsp3) is 0.455. The molecule has 0 radical (unpaired) electrons. The van der Waals surface area contributed by atoms with Crippen molar-refractivity contribution in [2.75, 3.05) is 13.1 Å². The summed E-state index contributed by atoms with van der Waals surface area (Å²) < 4.78 is 0. The monoisotopic (exact) mass is 284 g/mol. The van der Waals surface area contributed by atoms with Crippen molar-refractivity contribution in [2.45, 2.75) is 17.7 Å². The summed E-state index contributed by atoms with van der Waals surface area (Å²) in [6, 6.07) is 1.38. The zero-order chi connectivity index (χ0) is 11.5. The molecule has 1 aromatic rings. The molecular formula is C11H13BrN2O2. The molecule has 0 aliphatic carbocycles. The third-order valence-electron chi connectivity index (χ3n) is 2.77. The van der Waals surface area contributed by atoms with Gasteiger partial charge in [-0.2, -0.15) is 0 Å². The number of piperidine rings is 1. The van der Waals surface area contributed by atoms with Crippen LogP contribution in [0, 0.1) is 0 Å². The van der Waals surface area contributed by atoms with Crippen molar-refractivity contribution in [1.29, 1.82) is 0 Å². The Morgan fingerprint density at radius 3 is 2.75 bits per heavy atom. The number of halogens is 1. The lowest BCUT2D eigenvalue weighted by Gasteiger charge is -2.29. The minimum absolute atomic E-state index is 0.166. The van der Waals surface area contributed by atoms with E-state index in [9.17, 15) is 9.59 Å². The van der Waals surface area contributed by atoms with Crippen molar-refractivity contribution < 1.29 is 4.79 Å². The summed E-state index contributed by atoms with van der Waals surface area (Å²) in [7, 11) is 0. The molecule has 0 bridgehead atoms. The van der Waals surface area contributed by atoms with Gasteiger partial charge in [-0.05, 0) is 12.8 Å². The van der Waals surface area contributed by atoms with Crippen LogP contribution in [0.15, 0.2) is 23.3 Å². The van der Waals surface area contributed by atoms with Crippen LogP contribution in [0.1, 0.15) is 23.2 Å². The molecule has 4 nitrogen and oxygen atoms in total. The highest BCUT2D eigenvalue weighted by atomic mass is 79.9. The first-order valence-corrected chi connectivity index (χ1v) is 6.20. The fourth-order valence-electron chi connectivity index (χ4n) is 1.80. The number of nitrogens with zero attached hydrogens (tertiary/aromatic N) is 1. The molecule has 0 atom stereocenters. The zero-order valence-corrected chi connectivity index (χ0v) is 10.4. The highest BCUT2D eigenvalue weighted by Crippen LogP contribution is 2.18. The van der Waals surface area contributed by atoms with Gasteiger partial charge in [0.15, 0.2) is 5.43 Å². The summed E-state index contributed by atoms with van der Waals surface area (Å²) in [5, 5.41) is 0. The molecule has 2 heterocycles. The summed E-state index contributed by atoms with van der Waals surface area (Å²) in [5.41, 5.74) is 0.0141. The molecule has 1 N–H and O–H groups in total. The first-order valence-electron chi connectivity index (χ1n) is 5.29. The van der Waals surface area contributed by atoms with Gasteiger partial charge < -0.3 is 9.88 Å². The number of rotatable bonds is 1. The maximum atomic E-state index is 12.0. The fourth-order valence-corrected chi connectivity index (χ4v) is 2.21. The van der Waals surface area contributed by atoms with Crippen LogP contribution in [0.2, 0.25) is 0 Å². The smallest absolute Gasteiger partial charge is 0.259 e. The van der Waals surface area contributed by atoms with E-state index in [4.69, 9.17) is 0 Å². The van der Waals surface area contributed by atoms with Crippen LogP contribution in [-0.2, 0) is 0 Å². The molecule has 16 heavy (non-hydrogen) atoms. The molecule has 1 aliphatic rings. The number of H-pyrrole nitrogens is 1. The van der Waals surface area contributed by atoms with Crippen LogP contribution in [0.3, 0.4) is 0 Å². The Bertz CT molecular complexity index is 436.